The molecule has 3 rings (SSSR count). The third-order valence-electron chi connectivity index (χ3n) is 3.49. The highest BCUT2D eigenvalue weighted by molar-refractivity contribution is 5.61. The van der Waals surface area contributed by atoms with E-state index >= 15 is 0 Å². The number of ether oxygens (including phenoxy) is 1. The van der Waals surface area contributed by atoms with E-state index in [0.717, 1.165) is 50.4 Å². The molecule has 0 saturated carbocycles. The van der Waals surface area contributed by atoms with Crippen LogP contribution >= 0.6 is 0 Å². The van der Waals surface area contributed by atoms with Crippen LogP contribution in [0.3, 0.4) is 0 Å². The van der Waals surface area contributed by atoms with E-state index in [9.17, 15) is 0 Å². The number of tetrazole rings is 1. The van der Waals surface area contributed by atoms with Gasteiger partial charge in [0.25, 0.3) is 0 Å². The molecule has 0 radical (unpaired) electrons. The number of benzene rings is 1. The number of nitrogens with zero attached hydrogens (tertiary/aromatic N) is 4. The van der Waals surface area contributed by atoms with Crippen LogP contribution in [0.5, 0.6) is 5.75 Å². The minimum atomic E-state index is 0.709. The lowest BCUT2D eigenvalue weighted by atomic mass is 10.1. The lowest BCUT2D eigenvalue weighted by Crippen LogP contribution is -2.31. The molecule has 0 amide bonds. The fraction of sp³-hybridized carbons (Fsp3) is 0.400. The van der Waals surface area contributed by atoms with Gasteiger partial charge in [-0.25, -0.2) is 0 Å². The molecule has 2 aromatic rings. The second-order valence-corrected chi connectivity index (χ2v) is 5.04. The highest BCUT2D eigenvalue weighted by Crippen LogP contribution is 2.17. The molecule has 6 heteroatoms. The molecular formula is C15H19N5O. The zero-order valence-corrected chi connectivity index (χ0v) is 11.9. The lowest BCUT2D eigenvalue weighted by molar-refractivity contribution is 0.249. The largest absolute Gasteiger partial charge is 0.494 e. The van der Waals surface area contributed by atoms with Crippen LogP contribution in [0.15, 0.2) is 36.4 Å². The molecule has 21 heavy (non-hydrogen) atoms. The Hall–Kier alpha value is -2.21. The molecule has 0 bridgehead atoms. The van der Waals surface area contributed by atoms with Crippen molar-refractivity contribution in [2.75, 3.05) is 26.2 Å². The van der Waals surface area contributed by atoms with E-state index in [1.165, 1.54) is 0 Å². The normalized spacial score (nSPS) is 15.7. The van der Waals surface area contributed by atoms with Gasteiger partial charge in [-0.1, -0.05) is 24.3 Å². The predicted octanol–water partition coefficient (Wildman–Crippen LogP) is 1.76. The van der Waals surface area contributed by atoms with Crippen LogP contribution in [0.4, 0.5) is 0 Å². The van der Waals surface area contributed by atoms with Crippen LogP contribution in [0.2, 0.25) is 0 Å². The fourth-order valence-corrected chi connectivity index (χ4v) is 2.45. The Morgan fingerprint density at radius 1 is 1.24 bits per heavy atom. The second-order valence-electron chi connectivity index (χ2n) is 5.04. The van der Waals surface area contributed by atoms with Crippen LogP contribution in [-0.4, -0.2) is 51.8 Å². The summed E-state index contributed by atoms with van der Waals surface area (Å²) in [4.78, 5) is 2.40. The topological polar surface area (TPSA) is 66.9 Å². The molecule has 6 nitrogen and oxygen atoms in total. The second kappa shape index (κ2) is 6.99. The van der Waals surface area contributed by atoms with Crippen molar-refractivity contribution in [1.29, 1.82) is 0 Å². The molecule has 1 aromatic carbocycles. The van der Waals surface area contributed by atoms with Crippen molar-refractivity contribution in [2.24, 2.45) is 0 Å². The minimum Gasteiger partial charge on any atom is -0.494 e. The van der Waals surface area contributed by atoms with Crippen molar-refractivity contribution in [2.45, 2.75) is 12.8 Å². The van der Waals surface area contributed by atoms with Gasteiger partial charge in [0.05, 0.1) is 6.61 Å². The monoisotopic (exact) mass is 285 g/mol. The summed E-state index contributed by atoms with van der Waals surface area (Å²) in [5.41, 5.74) is 1.15. The van der Waals surface area contributed by atoms with Gasteiger partial charge in [0.15, 0.2) is 0 Å². The van der Waals surface area contributed by atoms with Gasteiger partial charge < -0.3 is 4.74 Å². The van der Waals surface area contributed by atoms with Crippen LogP contribution in [0.1, 0.15) is 18.7 Å². The molecule has 1 aliphatic rings. The Morgan fingerprint density at radius 3 is 2.95 bits per heavy atom. The molecule has 1 N–H and O–H groups in total. The van der Waals surface area contributed by atoms with Gasteiger partial charge in [0, 0.05) is 25.2 Å². The van der Waals surface area contributed by atoms with E-state index in [0.29, 0.717) is 5.82 Å². The Morgan fingerprint density at radius 2 is 2.14 bits per heavy atom. The van der Waals surface area contributed by atoms with E-state index in [1.807, 2.05) is 30.3 Å². The van der Waals surface area contributed by atoms with Gasteiger partial charge in [0.2, 0.25) is 5.82 Å². The first-order valence-corrected chi connectivity index (χ1v) is 7.25. The van der Waals surface area contributed by atoms with Gasteiger partial charge >= 0.3 is 0 Å². The minimum absolute atomic E-state index is 0.709. The molecule has 0 spiro atoms. The zero-order valence-electron chi connectivity index (χ0n) is 11.9. The molecule has 1 aliphatic heterocycles. The molecule has 110 valence electrons. The number of aromatic nitrogens is 4. The van der Waals surface area contributed by atoms with E-state index in [4.69, 9.17) is 4.74 Å². The Labute approximate surface area is 123 Å². The molecule has 1 aromatic heterocycles. The van der Waals surface area contributed by atoms with Crippen molar-refractivity contribution >= 4 is 5.57 Å². The van der Waals surface area contributed by atoms with E-state index in [2.05, 4.69) is 31.6 Å². The van der Waals surface area contributed by atoms with Gasteiger partial charge in [-0.15, -0.1) is 10.2 Å². The van der Waals surface area contributed by atoms with Crippen molar-refractivity contribution in [3.63, 3.8) is 0 Å². The van der Waals surface area contributed by atoms with Crippen LogP contribution in [-0.2, 0) is 0 Å². The first-order valence-electron chi connectivity index (χ1n) is 7.25. The molecule has 0 unspecified atom stereocenters. The van der Waals surface area contributed by atoms with Crippen molar-refractivity contribution in [1.82, 2.24) is 25.5 Å². The van der Waals surface area contributed by atoms with Crippen LogP contribution in [0, 0.1) is 0 Å². The summed E-state index contributed by atoms with van der Waals surface area (Å²) in [6.07, 6.45) is 4.24. The first kappa shape index (κ1) is 13.8. The number of aromatic amines is 1. The summed E-state index contributed by atoms with van der Waals surface area (Å²) in [7, 11) is 0. The molecular weight excluding hydrogens is 266 g/mol. The number of rotatable bonds is 6. The summed E-state index contributed by atoms with van der Waals surface area (Å²) in [5.74, 6) is 1.64. The molecule has 0 saturated heterocycles. The van der Waals surface area contributed by atoms with Gasteiger partial charge in [-0.3, -0.25) is 4.90 Å². The maximum atomic E-state index is 5.72. The summed E-state index contributed by atoms with van der Waals surface area (Å²) in [6, 6.07) is 9.94. The van der Waals surface area contributed by atoms with Crippen molar-refractivity contribution in [3.05, 3.63) is 42.2 Å². The SMILES string of the molecule is C1=C(c2nn[nH]n2)CN(CCCOc2ccccc2)CC1. The Kier molecular flexibility index (Phi) is 4.58. The summed E-state index contributed by atoms with van der Waals surface area (Å²) in [6.45, 7) is 3.71. The highest BCUT2D eigenvalue weighted by atomic mass is 16.5. The zero-order chi connectivity index (χ0) is 14.3. The number of nitrogens with one attached hydrogen (secondary N) is 1. The van der Waals surface area contributed by atoms with Crippen LogP contribution < -0.4 is 4.74 Å². The molecule has 0 fully saturated rings. The van der Waals surface area contributed by atoms with Gasteiger partial charge in [0.1, 0.15) is 5.75 Å². The molecule has 0 atom stereocenters. The predicted molar refractivity (Wildman–Crippen MR) is 79.8 cm³/mol. The Bertz CT molecular complexity index is 567. The maximum absolute atomic E-state index is 5.72. The van der Waals surface area contributed by atoms with Gasteiger partial charge in [-0.2, -0.15) is 5.21 Å². The molecule has 0 aliphatic carbocycles. The van der Waals surface area contributed by atoms with Gasteiger partial charge in [-0.05, 0) is 30.2 Å². The number of para-hydroxylation sites is 1. The van der Waals surface area contributed by atoms with E-state index < -0.39 is 0 Å². The average Bonchev–Trinajstić information content (AvgIpc) is 3.07. The number of hydrogen-bond donors (Lipinski definition) is 1. The standard InChI is InChI=1S/C15H19N5O/c1-2-7-14(8-3-1)21-11-5-10-20-9-4-6-13(12-20)15-16-18-19-17-15/h1-3,6-8H,4-5,9-12H2,(H,16,17,18,19). The van der Waals surface area contributed by atoms with Crippen LogP contribution in [0.25, 0.3) is 5.57 Å². The van der Waals surface area contributed by atoms with Crippen molar-refractivity contribution < 1.29 is 4.74 Å². The van der Waals surface area contributed by atoms with E-state index in [1.54, 1.807) is 0 Å². The van der Waals surface area contributed by atoms with E-state index in [-0.39, 0.29) is 0 Å². The first-order chi connectivity index (χ1) is 10.4. The fourth-order valence-electron chi connectivity index (χ4n) is 2.45. The smallest absolute Gasteiger partial charge is 0.201 e. The Balaban J connectivity index is 1.41. The quantitative estimate of drug-likeness (QED) is 0.819. The third-order valence-corrected chi connectivity index (χ3v) is 3.49. The summed E-state index contributed by atoms with van der Waals surface area (Å²) < 4.78 is 5.72. The summed E-state index contributed by atoms with van der Waals surface area (Å²) in [5, 5.41) is 14.2. The lowest BCUT2D eigenvalue weighted by Gasteiger charge is -2.25. The highest BCUT2D eigenvalue weighted by Gasteiger charge is 2.16. The number of H-pyrrole nitrogens is 1. The average molecular weight is 285 g/mol. The molecule has 2 heterocycles. The third kappa shape index (κ3) is 3.88. The maximum Gasteiger partial charge on any atom is 0.201 e. The number of hydrogen-bond acceptors (Lipinski definition) is 5. The summed E-state index contributed by atoms with van der Waals surface area (Å²) >= 11 is 0. The van der Waals surface area contributed by atoms with Crippen molar-refractivity contribution in [3.8, 4) is 5.75 Å².